The molecule has 6 heteroatoms. The summed E-state index contributed by atoms with van der Waals surface area (Å²) in [5.74, 6) is 0.695. The van der Waals surface area contributed by atoms with Gasteiger partial charge in [0.1, 0.15) is 0 Å². The first-order valence-corrected chi connectivity index (χ1v) is 7.91. The van der Waals surface area contributed by atoms with Gasteiger partial charge in [0.15, 0.2) is 0 Å². The zero-order valence-corrected chi connectivity index (χ0v) is 13.6. The summed E-state index contributed by atoms with van der Waals surface area (Å²) >= 11 is 0. The van der Waals surface area contributed by atoms with E-state index in [1.54, 1.807) is 0 Å². The van der Waals surface area contributed by atoms with E-state index in [0.29, 0.717) is 12.0 Å². The molecular weight excluding hydrogens is 276 g/mol. The Morgan fingerprint density at radius 2 is 2.23 bits per heavy atom. The Hall–Kier alpha value is -1.95. The number of piperidine rings is 1. The molecule has 6 nitrogen and oxygen atoms in total. The Morgan fingerprint density at radius 3 is 2.95 bits per heavy atom. The number of hydrogen-bond donors (Lipinski definition) is 1. The highest BCUT2D eigenvalue weighted by molar-refractivity contribution is 5.25. The maximum atomic E-state index is 4.65. The van der Waals surface area contributed by atoms with Crippen LogP contribution in [-0.4, -0.2) is 38.2 Å². The largest absolute Gasteiger partial charge is 0.357 e. The molecule has 0 amide bonds. The third-order valence-corrected chi connectivity index (χ3v) is 4.34. The summed E-state index contributed by atoms with van der Waals surface area (Å²) in [7, 11) is 3.84. The summed E-state index contributed by atoms with van der Waals surface area (Å²) in [4.78, 5) is 11.4. The van der Waals surface area contributed by atoms with Crippen LogP contribution in [0.2, 0.25) is 0 Å². The third kappa shape index (κ3) is 3.11. The summed E-state index contributed by atoms with van der Waals surface area (Å²) in [5.41, 5.74) is 3.53. The molecule has 2 aromatic rings. The van der Waals surface area contributed by atoms with Gasteiger partial charge in [-0.2, -0.15) is 5.10 Å². The van der Waals surface area contributed by atoms with Crippen LogP contribution in [0, 0.1) is 6.92 Å². The fourth-order valence-corrected chi connectivity index (χ4v) is 3.22. The van der Waals surface area contributed by atoms with Crippen molar-refractivity contribution in [3.8, 4) is 0 Å². The number of hydrogen-bond acceptors (Lipinski definition) is 5. The van der Waals surface area contributed by atoms with E-state index in [1.165, 1.54) is 18.4 Å². The lowest BCUT2D eigenvalue weighted by Crippen LogP contribution is -2.33. The van der Waals surface area contributed by atoms with Crippen molar-refractivity contribution in [1.29, 1.82) is 0 Å². The van der Waals surface area contributed by atoms with E-state index in [9.17, 15) is 0 Å². The first-order chi connectivity index (χ1) is 10.7. The van der Waals surface area contributed by atoms with Crippen LogP contribution in [0.25, 0.3) is 0 Å². The fourth-order valence-electron chi connectivity index (χ4n) is 3.22. The molecule has 1 N–H and O–H groups in total. The summed E-state index contributed by atoms with van der Waals surface area (Å²) in [6, 6.07) is 2.41. The summed E-state index contributed by atoms with van der Waals surface area (Å²) in [6.07, 6.45) is 7.63. The Balaban J connectivity index is 1.83. The molecule has 1 unspecified atom stereocenters. The van der Waals surface area contributed by atoms with Crippen molar-refractivity contribution in [3.05, 3.63) is 35.4 Å². The first-order valence-electron chi connectivity index (χ1n) is 7.91. The molecule has 1 aliphatic rings. The highest BCUT2D eigenvalue weighted by atomic mass is 15.3. The summed E-state index contributed by atoms with van der Waals surface area (Å²) < 4.78 is 1.90. The smallest absolute Gasteiger partial charge is 0.222 e. The average Bonchev–Trinajstić information content (AvgIpc) is 2.85. The van der Waals surface area contributed by atoms with Crippen LogP contribution < -0.4 is 5.32 Å². The molecule has 118 valence electrons. The van der Waals surface area contributed by atoms with E-state index in [2.05, 4.69) is 38.4 Å². The minimum atomic E-state index is 0.364. The molecule has 1 aliphatic heterocycles. The number of aromatic nitrogens is 4. The topological polar surface area (TPSA) is 58.9 Å². The van der Waals surface area contributed by atoms with E-state index in [1.807, 2.05) is 31.0 Å². The molecule has 0 bridgehead atoms. The van der Waals surface area contributed by atoms with E-state index in [0.717, 1.165) is 30.9 Å². The van der Waals surface area contributed by atoms with Crippen molar-refractivity contribution in [2.24, 2.45) is 7.05 Å². The lowest BCUT2D eigenvalue weighted by molar-refractivity contribution is 0.137. The standard InChI is InChI=1S/C16H24N6/c1-12-13(10-21(3)20-12)11-22-9-5-4-6-15(22)14-7-8-18-16(17-2)19-14/h7-8,10,15H,4-6,9,11H2,1-3H3,(H,17,18,19). The quantitative estimate of drug-likeness (QED) is 0.939. The Kier molecular flexibility index (Phi) is 4.38. The maximum Gasteiger partial charge on any atom is 0.222 e. The Bertz CT molecular complexity index is 635. The Morgan fingerprint density at radius 1 is 1.36 bits per heavy atom. The molecule has 3 rings (SSSR count). The number of nitrogens with one attached hydrogen (secondary N) is 1. The molecule has 0 aliphatic carbocycles. The zero-order chi connectivity index (χ0) is 15.5. The molecule has 22 heavy (non-hydrogen) atoms. The van der Waals surface area contributed by atoms with Crippen molar-refractivity contribution >= 4 is 5.95 Å². The van der Waals surface area contributed by atoms with Crippen LogP contribution in [-0.2, 0) is 13.6 Å². The van der Waals surface area contributed by atoms with Crippen LogP contribution in [0.15, 0.2) is 18.5 Å². The second-order valence-electron chi connectivity index (χ2n) is 5.95. The minimum absolute atomic E-state index is 0.364. The zero-order valence-electron chi connectivity index (χ0n) is 13.6. The monoisotopic (exact) mass is 300 g/mol. The second kappa shape index (κ2) is 6.44. The number of likely N-dealkylation sites (tertiary alicyclic amines) is 1. The molecule has 1 saturated heterocycles. The van der Waals surface area contributed by atoms with Crippen molar-refractivity contribution in [3.63, 3.8) is 0 Å². The number of nitrogens with zero attached hydrogens (tertiary/aromatic N) is 5. The number of aryl methyl sites for hydroxylation is 2. The third-order valence-electron chi connectivity index (χ3n) is 4.34. The predicted molar refractivity (Wildman–Crippen MR) is 86.5 cm³/mol. The van der Waals surface area contributed by atoms with Crippen LogP contribution in [0.1, 0.15) is 42.3 Å². The van der Waals surface area contributed by atoms with Gasteiger partial charge in [-0.1, -0.05) is 6.42 Å². The lowest BCUT2D eigenvalue weighted by atomic mass is 9.98. The summed E-state index contributed by atoms with van der Waals surface area (Å²) in [6.45, 7) is 4.12. The average molecular weight is 300 g/mol. The van der Waals surface area contributed by atoms with Gasteiger partial charge in [-0.3, -0.25) is 9.58 Å². The minimum Gasteiger partial charge on any atom is -0.357 e. The highest BCUT2D eigenvalue weighted by Crippen LogP contribution is 2.31. The molecule has 0 aromatic carbocycles. The number of rotatable bonds is 4. The molecule has 0 radical (unpaired) electrons. The van der Waals surface area contributed by atoms with Gasteiger partial charge in [-0.15, -0.1) is 0 Å². The fraction of sp³-hybridized carbons (Fsp3) is 0.562. The van der Waals surface area contributed by atoms with E-state index < -0.39 is 0 Å². The molecule has 0 saturated carbocycles. The summed E-state index contributed by atoms with van der Waals surface area (Å²) in [5, 5.41) is 7.49. The molecule has 1 fully saturated rings. The molecule has 3 heterocycles. The SMILES string of the molecule is CNc1nccc(C2CCCCN2Cc2cn(C)nc2C)n1. The van der Waals surface area contributed by atoms with Crippen molar-refractivity contribution in [2.45, 2.75) is 38.8 Å². The molecular formula is C16H24N6. The van der Waals surface area contributed by atoms with Crippen molar-refractivity contribution in [2.75, 3.05) is 18.9 Å². The predicted octanol–water partition coefficient (Wildman–Crippen LogP) is 2.29. The van der Waals surface area contributed by atoms with Gasteiger partial charge in [0, 0.05) is 38.6 Å². The lowest BCUT2D eigenvalue weighted by Gasteiger charge is -2.35. The van der Waals surface area contributed by atoms with Crippen molar-refractivity contribution in [1.82, 2.24) is 24.6 Å². The molecule has 0 spiro atoms. The Labute approximate surface area is 131 Å². The van der Waals surface area contributed by atoms with E-state index >= 15 is 0 Å². The van der Waals surface area contributed by atoms with Gasteiger partial charge in [-0.05, 0) is 32.4 Å². The normalized spacial score (nSPS) is 19.3. The first kappa shape index (κ1) is 15.0. The van der Waals surface area contributed by atoms with Gasteiger partial charge >= 0.3 is 0 Å². The van der Waals surface area contributed by atoms with Crippen molar-refractivity contribution < 1.29 is 0 Å². The van der Waals surface area contributed by atoms with Gasteiger partial charge in [0.25, 0.3) is 0 Å². The van der Waals surface area contributed by atoms with E-state index in [-0.39, 0.29) is 0 Å². The molecule has 2 aromatic heterocycles. The van der Waals surface area contributed by atoms with E-state index in [4.69, 9.17) is 0 Å². The van der Waals surface area contributed by atoms with Crippen LogP contribution in [0.4, 0.5) is 5.95 Å². The van der Waals surface area contributed by atoms with Gasteiger partial charge < -0.3 is 5.32 Å². The molecule has 1 atom stereocenters. The van der Waals surface area contributed by atoms with Gasteiger partial charge in [-0.25, -0.2) is 9.97 Å². The van der Waals surface area contributed by atoms with Crippen LogP contribution in [0.5, 0.6) is 0 Å². The maximum absolute atomic E-state index is 4.65. The van der Waals surface area contributed by atoms with Gasteiger partial charge in [0.05, 0.1) is 17.4 Å². The second-order valence-corrected chi connectivity index (χ2v) is 5.95. The van der Waals surface area contributed by atoms with Gasteiger partial charge in [0.2, 0.25) is 5.95 Å². The van der Waals surface area contributed by atoms with Crippen LogP contribution in [0.3, 0.4) is 0 Å². The highest BCUT2D eigenvalue weighted by Gasteiger charge is 2.26. The van der Waals surface area contributed by atoms with Crippen LogP contribution >= 0.6 is 0 Å². The number of anilines is 1.